The average Bonchev–Trinajstić information content (AvgIpc) is 3.29. The van der Waals surface area contributed by atoms with Gasteiger partial charge in [0.25, 0.3) is 0 Å². The van der Waals surface area contributed by atoms with Crippen LogP contribution in [0.25, 0.3) is 11.0 Å². The van der Waals surface area contributed by atoms with Crippen molar-refractivity contribution in [2.75, 3.05) is 19.7 Å². The predicted octanol–water partition coefficient (Wildman–Crippen LogP) is 4.01. The Bertz CT molecular complexity index is 962. The number of imidazole rings is 1. The molecule has 0 spiro atoms. The van der Waals surface area contributed by atoms with E-state index in [4.69, 9.17) is 9.72 Å². The lowest BCUT2D eigenvalue weighted by molar-refractivity contribution is -0.127. The first-order valence-corrected chi connectivity index (χ1v) is 10.1. The van der Waals surface area contributed by atoms with Crippen LogP contribution in [0.15, 0.2) is 48.5 Å². The summed E-state index contributed by atoms with van der Waals surface area (Å²) in [5.74, 6) is 2.24. The van der Waals surface area contributed by atoms with Gasteiger partial charge >= 0.3 is 0 Å². The van der Waals surface area contributed by atoms with Gasteiger partial charge in [0.05, 0.1) is 17.6 Å². The summed E-state index contributed by atoms with van der Waals surface area (Å²) in [5, 5.41) is 0. The molecule has 1 fully saturated rings. The number of benzene rings is 2. The Morgan fingerprint density at radius 1 is 1.11 bits per heavy atom. The van der Waals surface area contributed by atoms with Crippen LogP contribution in [-0.2, 0) is 17.8 Å². The summed E-state index contributed by atoms with van der Waals surface area (Å²) >= 11 is 0. The topological polar surface area (TPSA) is 47.4 Å². The quantitative estimate of drug-likeness (QED) is 0.625. The highest BCUT2D eigenvalue weighted by atomic mass is 16.5. The van der Waals surface area contributed by atoms with Crippen molar-refractivity contribution < 1.29 is 9.53 Å². The van der Waals surface area contributed by atoms with Crippen molar-refractivity contribution in [1.82, 2.24) is 14.5 Å². The van der Waals surface area contributed by atoms with Gasteiger partial charge in [-0.3, -0.25) is 4.79 Å². The first-order chi connectivity index (χ1) is 13.7. The van der Waals surface area contributed by atoms with Gasteiger partial charge in [0.2, 0.25) is 5.91 Å². The van der Waals surface area contributed by atoms with E-state index in [-0.39, 0.29) is 11.8 Å². The molecule has 0 N–H and O–H groups in total. The summed E-state index contributed by atoms with van der Waals surface area (Å²) in [6, 6.07) is 16.4. The summed E-state index contributed by atoms with van der Waals surface area (Å²) in [5.41, 5.74) is 3.39. The van der Waals surface area contributed by atoms with E-state index in [2.05, 4.69) is 29.7 Å². The van der Waals surface area contributed by atoms with E-state index in [1.807, 2.05) is 42.2 Å². The number of nitrogens with zero attached hydrogens (tertiary/aromatic N) is 3. The molecule has 1 aromatic heterocycles. The molecule has 28 heavy (non-hydrogen) atoms. The number of para-hydroxylation sites is 2. The zero-order valence-electron chi connectivity index (χ0n) is 16.6. The number of rotatable bonds is 7. The second-order valence-corrected chi connectivity index (χ2v) is 7.29. The van der Waals surface area contributed by atoms with Crippen LogP contribution < -0.4 is 4.74 Å². The molecule has 1 aliphatic heterocycles. The van der Waals surface area contributed by atoms with Crippen molar-refractivity contribution in [2.24, 2.45) is 0 Å². The van der Waals surface area contributed by atoms with E-state index in [1.54, 1.807) is 0 Å². The molecule has 0 bridgehead atoms. The van der Waals surface area contributed by atoms with Gasteiger partial charge in [0.1, 0.15) is 18.2 Å². The number of ether oxygens (including phenoxy) is 1. The Labute approximate surface area is 165 Å². The number of hydrogen-bond donors (Lipinski definition) is 0. The highest BCUT2D eigenvalue weighted by Gasteiger charge is 2.33. The van der Waals surface area contributed by atoms with Gasteiger partial charge in [-0.15, -0.1) is 0 Å². The standard InChI is InChI=1S/C23H27N3O2/c1-3-17-9-11-19(12-10-17)28-14-13-26-21-8-6-5-7-20(21)24-23(26)18-15-22(27)25(4-2)16-18/h5-12,18H,3-4,13-16H2,1-2H3. The van der Waals surface area contributed by atoms with Crippen LogP contribution in [0.2, 0.25) is 0 Å². The third-order valence-corrected chi connectivity index (χ3v) is 5.56. The summed E-state index contributed by atoms with van der Waals surface area (Å²) < 4.78 is 8.21. The number of carbonyl (C=O) groups excluding carboxylic acids is 1. The van der Waals surface area contributed by atoms with E-state index >= 15 is 0 Å². The van der Waals surface area contributed by atoms with Crippen LogP contribution >= 0.6 is 0 Å². The van der Waals surface area contributed by atoms with Crippen molar-refractivity contribution in [3.8, 4) is 5.75 Å². The molecule has 146 valence electrons. The normalized spacial score (nSPS) is 16.9. The Hall–Kier alpha value is -2.82. The van der Waals surface area contributed by atoms with Crippen molar-refractivity contribution in [1.29, 1.82) is 0 Å². The number of aryl methyl sites for hydroxylation is 1. The minimum Gasteiger partial charge on any atom is -0.492 e. The van der Waals surface area contributed by atoms with Crippen molar-refractivity contribution in [3.05, 3.63) is 59.9 Å². The van der Waals surface area contributed by atoms with Gasteiger partial charge in [-0.2, -0.15) is 0 Å². The molecule has 1 atom stereocenters. The van der Waals surface area contributed by atoms with Gasteiger partial charge in [-0.1, -0.05) is 31.2 Å². The van der Waals surface area contributed by atoms with Crippen LogP contribution in [0.3, 0.4) is 0 Å². The SMILES string of the molecule is CCc1ccc(OCCn2c(C3CC(=O)N(CC)C3)nc3ccccc32)cc1. The molecule has 1 saturated heterocycles. The zero-order valence-corrected chi connectivity index (χ0v) is 16.6. The maximum absolute atomic E-state index is 12.2. The molecule has 0 aliphatic carbocycles. The van der Waals surface area contributed by atoms with E-state index in [9.17, 15) is 4.79 Å². The average molecular weight is 377 g/mol. The molecule has 2 heterocycles. The van der Waals surface area contributed by atoms with Crippen molar-refractivity contribution >= 4 is 16.9 Å². The molecule has 1 unspecified atom stereocenters. The second-order valence-electron chi connectivity index (χ2n) is 7.29. The smallest absolute Gasteiger partial charge is 0.223 e. The van der Waals surface area contributed by atoms with Gasteiger partial charge in [0, 0.05) is 25.4 Å². The number of likely N-dealkylation sites (tertiary alicyclic amines) is 1. The maximum atomic E-state index is 12.2. The molecule has 0 radical (unpaired) electrons. The number of amides is 1. The molecule has 2 aromatic carbocycles. The van der Waals surface area contributed by atoms with E-state index in [1.165, 1.54) is 5.56 Å². The van der Waals surface area contributed by atoms with Gasteiger partial charge in [-0.05, 0) is 43.2 Å². The van der Waals surface area contributed by atoms with Crippen LogP contribution in [0, 0.1) is 0 Å². The molecule has 3 aromatic rings. The number of likely N-dealkylation sites (N-methyl/N-ethyl adjacent to an activating group) is 1. The maximum Gasteiger partial charge on any atom is 0.223 e. The molecule has 4 rings (SSSR count). The molecule has 5 nitrogen and oxygen atoms in total. The van der Waals surface area contributed by atoms with Crippen LogP contribution in [0.4, 0.5) is 0 Å². The van der Waals surface area contributed by atoms with Crippen LogP contribution in [0.5, 0.6) is 5.75 Å². The number of fused-ring (bicyclic) bond motifs is 1. The molecule has 5 heteroatoms. The fourth-order valence-electron chi connectivity index (χ4n) is 3.97. The summed E-state index contributed by atoms with van der Waals surface area (Å²) in [4.78, 5) is 19.0. The third-order valence-electron chi connectivity index (χ3n) is 5.56. The summed E-state index contributed by atoms with van der Waals surface area (Å²) in [7, 11) is 0. The number of hydrogen-bond acceptors (Lipinski definition) is 3. The fraction of sp³-hybridized carbons (Fsp3) is 0.391. The minimum absolute atomic E-state index is 0.142. The number of carbonyl (C=O) groups is 1. The predicted molar refractivity (Wildman–Crippen MR) is 111 cm³/mol. The highest BCUT2D eigenvalue weighted by Crippen LogP contribution is 2.30. The van der Waals surface area contributed by atoms with Crippen molar-refractivity contribution in [3.63, 3.8) is 0 Å². The van der Waals surface area contributed by atoms with E-state index in [0.717, 1.165) is 42.1 Å². The Morgan fingerprint density at radius 2 is 1.89 bits per heavy atom. The van der Waals surface area contributed by atoms with Gasteiger partial charge in [-0.25, -0.2) is 4.98 Å². The molecule has 0 saturated carbocycles. The molecular weight excluding hydrogens is 350 g/mol. The molecule has 1 amide bonds. The molecular formula is C23H27N3O2. The largest absolute Gasteiger partial charge is 0.492 e. The first kappa shape index (κ1) is 18.5. The lowest BCUT2D eigenvalue weighted by Crippen LogP contribution is -2.24. The monoisotopic (exact) mass is 377 g/mol. The van der Waals surface area contributed by atoms with Crippen LogP contribution in [0.1, 0.15) is 37.6 Å². The first-order valence-electron chi connectivity index (χ1n) is 10.1. The summed E-state index contributed by atoms with van der Waals surface area (Å²) in [6.07, 6.45) is 1.57. The Kier molecular flexibility index (Phi) is 5.33. The van der Waals surface area contributed by atoms with E-state index < -0.39 is 0 Å². The Morgan fingerprint density at radius 3 is 2.61 bits per heavy atom. The highest BCUT2D eigenvalue weighted by molar-refractivity contribution is 5.80. The van der Waals surface area contributed by atoms with Crippen LogP contribution in [-0.4, -0.2) is 40.1 Å². The zero-order chi connectivity index (χ0) is 19.5. The fourth-order valence-corrected chi connectivity index (χ4v) is 3.97. The lowest BCUT2D eigenvalue weighted by atomic mass is 10.1. The Balaban J connectivity index is 1.54. The minimum atomic E-state index is 0.142. The van der Waals surface area contributed by atoms with E-state index in [0.29, 0.717) is 19.6 Å². The molecule has 1 aliphatic rings. The van der Waals surface area contributed by atoms with Crippen molar-refractivity contribution in [2.45, 2.75) is 39.2 Å². The number of aromatic nitrogens is 2. The summed E-state index contributed by atoms with van der Waals surface area (Å²) in [6.45, 7) is 6.96. The second kappa shape index (κ2) is 8.05. The lowest BCUT2D eigenvalue weighted by Gasteiger charge is -2.16. The van der Waals surface area contributed by atoms with Gasteiger partial charge < -0.3 is 14.2 Å². The third kappa shape index (κ3) is 3.61. The van der Waals surface area contributed by atoms with Gasteiger partial charge in [0.15, 0.2) is 0 Å².